The van der Waals surface area contributed by atoms with Gasteiger partial charge in [-0.05, 0) is 47.8 Å². The van der Waals surface area contributed by atoms with E-state index in [1.807, 2.05) is 38.6 Å². The third kappa shape index (κ3) is 2.26. The first-order valence-electron chi connectivity index (χ1n) is 6.04. The Morgan fingerprint density at radius 3 is 3.00 bits per heavy atom. The highest BCUT2D eigenvalue weighted by molar-refractivity contribution is 14.1. The molecule has 1 aromatic carbocycles. The van der Waals surface area contributed by atoms with E-state index in [0.717, 1.165) is 23.4 Å². The highest BCUT2D eigenvalue weighted by atomic mass is 127. The molecule has 0 aliphatic carbocycles. The van der Waals surface area contributed by atoms with E-state index in [9.17, 15) is 4.39 Å². The molecule has 1 N–H and O–H groups in total. The lowest BCUT2D eigenvalue weighted by atomic mass is 10.3. The van der Waals surface area contributed by atoms with Crippen molar-refractivity contribution in [1.29, 1.82) is 0 Å². The minimum Gasteiger partial charge on any atom is -0.331 e. The van der Waals surface area contributed by atoms with Gasteiger partial charge in [0.25, 0.3) is 0 Å². The number of benzene rings is 1. The van der Waals surface area contributed by atoms with Crippen molar-refractivity contribution in [3.8, 4) is 0 Å². The first-order valence-corrected chi connectivity index (χ1v) is 7.53. The van der Waals surface area contributed by atoms with Crippen molar-refractivity contribution in [3.63, 3.8) is 0 Å². The lowest BCUT2D eigenvalue weighted by molar-refractivity contribution is 0.619. The van der Waals surface area contributed by atoms with E-state index in [0.29, 0.717) is 14.9 Å². The summed E-state index contributed by atoms with van der Waals surface area (Å²) >= 11 is 7.28. The molecule has 0 saturated carbocycles. The number of halogens is 2. The number of fused-ring (bicyclic) bond motifs is 1. The van der Waals surface area contributed by atoms with Crippen LogP contribution in [-0.4, -0.2) is 24.3 Å². The molecule has 0 saturated heterocycles. The molecule has 0 amide bonds. The fourth-order valence-corrected chi connectivity index (χ4v) is 2.86. The van der Waals surface area contributed by atoms with Gasteiger partial charge in [-0.1, -0.05) is 0 Å². The molecule has 2 heterocycles. The molecule has 0 atom stereocenters. The number of hydrogen-bond donors (Lipinski definition) is 1. The molecular formula is C12H11FIN5S. The van der Waals surface area contributed by atoms with Crippen LogP contribution in [0.4, 0.5) is 4.39 Å². The van der Waals surface area contributed by atoms with Crippen LogP contribution in [0, 0.1) is 14.2 Å². The minimum atomic E-state index is -0.252. The van der Waals surface area contributed by atoms with E-state index in [4.69, 9.17) is 12.2 Å². The van der Waals surface area contributed by atoms with Gasteiger partial charge in [0.15, 0.2) is 10.6 Å². The summed E-state index contributed by atoms with van der Waals surface area (Å²) in [5.74, 6) is 0.543. The predicted octanol–water partition coefficient (Wildman–Crippen LogP) is 3.10. The third-order valence-corrected chi connectivity index (χ3v) is 4.30. The Morgan fingerprint density at radius 1 is 1.45 bits per heavy atom. The van der Waals surface area contributed by atoms with Crippen LogP contribution < -0.4 is 0 Å². The van der Waals surface area contributed by atoms with Gasteiger partial charge < -0.3 is 14.1 Å². The monoisotopic (exact) mass is 403 g/mol. The van der Waals surface area contributed by atoms with E-state index in [1.54, 1.807) is 12.4 Å². The highest BCUT2D eigenvalue weighted by Crippen LogP contribution is 2.21. The molecule has 3 aromatic rings. The van der Waals surface area contributed by atoms with Crippen LogP contribution in [0.15, 0.2) is 18.5 Å². The van der Waals surface area contributed by atoms with E-state index in [-0.39, 0.29) is 5.82 Å². The summed E-state index contributed by atoms with van der Waals surface area (Å²) in [4.78, 5) is 3.09. The number of aromatic amines is 1. The fourth-order valence-electron chi connectivity index (χ4n) is 2.12. The van der Waals surface area contributed by atoms with Gasteiger partial charge in [-0.3, -0.25) is 0 Å². The number of H-pyrrole nitrogens is 1. The molecule has 5 nitrogen and oxygen atoms in total. The molecule has 3 rings (SSSR count). The van der Waals surface area contributed by atoms with Gasteiger partial charge in [0.2, 0.25) is 0 Å². The summed E-state index contributed by atoms with van der Waals surface area (Å²) in [6.45, 7) is 3.26. The maximum atomic E-state index is 13.8. The van der Waals surface area contributed by atoms with Crippen molar-refractivity contribution < 1.29 is 4.39 Å². The topological polar surface area (TPSA) is 51.4 Å². The molecule has 0 radical (unpaired) electrons. The van der Waals surface area contributed by atoms with Gasteiger partial charge in [0.05, 0.1) is 21.1 Å². The van der Waals surface area contributed by atoms with Crippen LogP contribution >= 0.6 is 34.8 Å². The molecule has 0 aliphatic heterocycles. The standard InChI is InChI=1S/C12H11FIN5S/c1-2-18-6-15-17-11(18)5-19-10-3-7(13)8(14)4-9(10)16-12(19)20/h3-4,6H,2,5H2,1H3,(H,16,20). The summed E-state index contributed by atoms with van der Waals surface area (Å²) in [6, 6.07) is 3.25. The van der Waals surface area contributed by atoms with Gasteiger partial charge in [-0.15, -0.1) is 10.2 Å². The molecule has 0 fully saturated rings. The number of hydrogen-bond acceptors (Lipinski definition) is 3. The first-order chi connectivity index (χ1) is 9.60. The average molecular weight is 403 g/mol. The maximum absolute atomic E-state index is 13.8. The minimum absolute atomic E-state index is 0.252. The zero-order valence-electron chi connectivity index (χ0n) is 10.6. The Labute approximate surface area is 133 Å². The van der Waals surface area contributed by atoms with E-state index in [1.165, 1.54) is 6.07 Å². The fraction of sp³-hybridized carbons (Fsp3) is 0.250. The average Bonchev–Trinajstić information content (AvgIpc) is 2.97. The van der Waals surface area contributed by atoms with Crippen LogP contribution in [0.1, 0.15) is 12.7 Å². The Bertz CT molecular complexity index is 834. The van der Waals surface area contributed by atoms with Crippen molar-refractivity contribution in [1.82, 2.24) is 24.3 Å². The molecule has 0 unspecified atom stereocenters. The number of nitrogens with one attached hydrogen (secondary N) is 1. The van der Waals surface area contributed by atoms with Crippen molar-refractivity contribution in [3.05, 3.63) is 38.4 Å². The summed E-state index contributed by atoms with van der Waals surface area (Å²) in [5, 5.41) is 7.98. The molecule has 20 heavy (non-hydrogen) atoms. The normalized spacial score (nSPS) is 11.3. The molecule has 0 bridgehead atoms. The lowest BCUT2D eigenvalue weighted by Crippen LogP contribution is -2.07. The number of aromatic nitrogens is 5. The van der Waals surface area contributed by atoms with Gasteiger partial charge in [-0.2, -0.15) is 0 Å². The number of rotatable bonds is 3. The SMILES string of the molecule is CCn1cnnc1Cn1c(=S)[nH]c2cc(I)c(F)cc21. The van der Waals surface area contributed by atoms with E-state index >= 15 is 0 Å². The number of imidazole rings is 1. The predicted molar refractivity (Wildman–Crippen MR) is 84.6 cm³/mol. The Hall–Kier alpha value is -1.29. The van der Waals surface area contributed by atoms with E-state index < -0.39 is 0 Å². The van der Waals surface area contributed by atoms with Crippen molar-refractivity contribution in [2.45, 2.75) is 20.0 Å². The van der Waals surface area contributed by atoms with Gasteiger partial charge in [0, 0.05) is 12.6 Å². The molecule has 104 valence electrons. The van der Waals surface area contributed by atoms with Crippen LogP contribution in [0.2, 0.25) is 0 Å². The zero-order valence-corrected chi connectivity index (χ0v) is 13.6. The Morgan fingerprint density at radius 2 is 2.25 bits per heavy atom. The number of nitrogens with zero attached hydrogens (tertiary/aromatic N) is 4. The van der Waals surface area contributed by atoms with Crippen molar-refractivity contribution in [2.75, 3.05) is 0 Å². The maximum Gasteiger partial charge on any atom is 0.178 e. The highest BCUT2D eigenvalue weighted by Gasteiger charge is 2.11. The first kappa shape index (κ1) is 13.7. The zero-order chi connectivity index (χ0) is 14.3. The van der Waals surface area contributed by atoms with Gasteiger partial charge in [0.1, 0.15) is 12.1 Å². The van der Waals surface area contributed by atoms with Crippen LogP contribution in [-0.2, 0) is 13.1 Å². The quantitative estimate of drug-likeness (QED) is 0.540. The summed E-state index contributed by atoms with van der Waals surface area (Å²) in [7, 11) is 0. The second-order valence-corrected chi connectivity index (χ2v) is 5.88. The van der Waals surface area contributed by atoms with E-state index in [2.05, 4.69) is 15.2 Å². The summed E-state index contributed by atoms with van der Waals surface area (Å²) in [6.07, 6.45) is 1.68. The van der Waals surface area contributed by atoms with Gasteiger partial charge in [-0.25, -0.2) is 4.39 Å². The molecule has 8 heteroatoms. The smallest absolute Gasteiger partial charge is 0.178 e. The molecular weight excluding hydrogens is 392 g/mol. The largest absolute Gasteiger partial charge is 0.331 e. The third-order valence-electron chi connectivity index (χ3n) is 3.15. The van der Waals surface area contributed by atoms with Crippen molar-refractivity contribution in [2.24, 2.45) is 0 Å². The van der Waals surface area contributed by atoms with Crippen LogP contribution in [0.25, 0.3) is 11.0 Å². The second kappa shape index (κ2) is 5.24. The molecule has 2 aromatic heterocycles. The number of aryl methyl sites for hydroxylation is 1. The van der Waals surface area contributed by atoms with Gasteiger partial charge >= 0.3 is 0 Å². The molecule has 0 aliphatic rings. The lowest BCUT2D eigenvalue weighted by Gasteiger charge is -2.06. The van der Waals surface area contributed by atoms with Crippen molar-refractivity contribution >= 4 is 45.8 Å². The summed E-state index contributed by atoms with van der Waals surface area (Å²) in [5.41, 5.74) is 1.56. The summed E-state index contributed by atoms with van der Waals surface area (Å²) < 4.78 is 18.6. The van der Waals surface area contributed by atoms with Crippen LogP contribution in [0.5, 0.6) is 0 Å². The van der Waals surface area contributed by atoms with Crippen LogP contribution in [0.3, 0.4) is 0 Å². The Kier molecular flexibility index (Phi) is 3.59. The second-order valence-electron chi connectivity index (χ2n) is 4.33. The Balaban J connectivity index is 2.14. The molecule has 0 spiro atoms.